The van der Waals surface area contributed by atoms with E-state index in [2.05, 4.69) is 20.6 Å². The molecule has 3 aromatic rings. The Bertz CT molecular complexity index is 975. The van der Waals surface area contributed by atoms with Crippen LogP contribution in [-0.2, 0) is 0 Å². The SMILES string of the molecule is CC(C)Oc1ccccc1NC(=O)c1cc(Nc2c(F)cccc2F)ncn1. The van der Waals surface area contributed by atoms with Crippen molar-refractivity contribution in [2.24, 2.45) is 0 Å². The molecule has 1 heterocycles. The minimum atomic E-state index is -0.774. The Morgan fingerprint density at radius 2 is 1.75 bits per heavy atom. The molecule has 144 valence electrons. The number of para-hydroxylation sites is 3. The maximum atomic E-state index is 13.8. The number of nitrogens with one attached hydrogen (secondary N) is 2. The average Bonchev–Trinajstić information content (AvgIpc) is 2.66. The van der Waals surface area contributed by atoms with Crippen LogP contribution in [0.3, 0.4) is 0 Å². The molecule has 0 spiro atoms. The van der Waals surface area contributed by atoms with Gasteiger partial charge < -0.3 is 15.4 Å². The summed E-state index contributed by atoms with van der Waals surface area (Å²) in [6.45, 7) is 3.76. The molecule has 2 N–H and O–H groups in total. The lowest BCUT2D eigenvalue weighted by molar-refractivity contribution is 0.102. The number of aromatic nitrogens is 2. The van der Waals surface area contributed by atoms with Gasteiger partial charge in [-0.25, -0.2) is 18.7 Å². The van der Waals surface area contributed by atoms with E-state index < -0.39 is 17.5 Å². The molecule has 3 rings (SSSR count). The maximum Gasteiger partial charge on any atom is 0.274 e. The van der Waals surface area contributed by atoms with Gasteiger partial charge in [0.2, 0.25) is 0 Å². The third-order valence-corrected chi connectivity index (χ3v) is 3.61. The van der Waals surface area contributed by atoms with E-state index >= 15 is 0 Å². The number of anilines is 3. The summed E-state index contributed by atoms with van der Waals surface area (Å²) in [5.74, 6) is -1.46. The number of nitrogens with zero attached hydrogens (tertiary/aromatic N) is 2. The summed E-state index contributed by atoms with van der Waals surface area (Å²) in [7, 11) is 0. The molecule has 1 aromatic heterocycles. The van der Waals surface area contributed by atoms with Gasteiger partial charge in [0.1, 0.15) is 40.9 Å². The second kappa shape index (κ2) is 8.43. The molecular weight excluding hydrogens is 366 g/mol. The highest BCUT2D eigenvalue weighted by Gasteiger charge is 2.14. The standard InChI is InChI=1S/C20H18F2N4O2/c1-12(2)28-17-9-4-3-8-15(17)25-20(27)16-10-18(24-11-23-16)26-19-13(21)6-5-7-14(19)22/h3-12H,1-2H3,(H,25,27)(H,23,24,26). The van der Waals surface area contributed by atoms with Gasteiger partial charge in [-0.15, -0.1) is 0 Å². The van der Waals surface area contributed by atoms with Gasteiger partial charge >= 0.3 is 0 Å². The van der Waals surface area contributed by atoms with E-state index in [0.717, 1.165) is 18.5 Å². The molecule has 0 radical (unpaired) electrons. The first kappa shape index (κ1) is 19.2. The summed E-state index contributed by atoms with van der Waals surface area (Å²) in [6.07, 6.45) is 1.07. The largest absolute Gasteiger partial charge is 0.489 e. The zero-order chi connectivity index (χ0) is 20.1. The van der Waals surface area contributed by atoms with Gasteiger partial charge in [0.05, 0.1) is 11.8 Å². The summed E-state index contributed by atoms with van der Waals surface area (Å²) in [5, 5.41) is 5.25. The van der Waals surface area contributed by atoms with Crippen LogP contribution in [0.5, 0.6) is 5.75 Å². The lowest BCUT2D eigenvalue weighted by atomic mass is 10.2. The highest BCUT2D eigenvalue weighted by Crippen LogP contribution is 2.26. The topological polar surface area (TPSA) is 76.1 Å². The maximum absolute atomic E-state index is 13.8. The van der Waals surface area contributed by atoms with Crippen LogP contribution in [0.25, 0.3) is 0 Å². The Morgan fingerprint density at radius 1 is 1.04 bits per heavy atom. The number of halogens is 2. The van der Waals surface area contributed by atoms with E-state index in [1.165, 1.54) is 12.1 Å². The van der Waals surface area contributed by atoms with Crippen LogP contribution in [0.2, 0.25) is 0 Å². The van der Waals surface area contributed by atoms with E-state index in [4.69, 9.17) is 4.74 Å². The van der Waals surface area contributed by atoms with Crippen LogP contribution in [-0.4, -0.2) is 22.0 Å². The van der Waals surface area contributed by atoms with Gasteiger partial charge in [-0.3, -0.25) is 4.79 Å². The Labute approximate surface area is 160 Å². The van der Waals surface area contributed by atoms with Crippen molar-refractivity contribution in [1.29, 1.82) is 0 Å². The summed E-state index contributed by atoms with van der Waals surface area (Å²) in [5.41, 5.74) is 0.145. The molecular formula is C20H18F2N4O2. The molecule has 0 unspecified atom stereocenters. The Balaban J connectivity index is 1.80. The number of hydrogen-bond acceptors (Lipinski definition) is 5. The fraction of sp³-hybridized carbons (Fsp3) is 0.150. The second-order valence-corrected chi connectivity index (χ2v) is 6.13. The molecule has 0 saturated heterocycles. The van der Waals surface area contributed by atoms with Gasteiger partial charge in [-0.05, 0) is 38.1 Å². The minimum Gasteiger partial charge on any atom is -0.489 e. The number of carbonyl (C=O) groups excluding carboxylic acids is 1. The first-order chi connectivity index (χ1) is 13.4. The zero-order valence-electron chi connectivity index (χ0n) is 15.2. The summed E-state index contributed by atoms with van der Waals surface area (Å²) >= 11 is 0. The molecule has 0 aliphatic heterocycles. The van der Waals surface area contributed by atoms with Crippen molar-refractivity contribution in [1.82, 2.24) is 9.97 Å². The van der Waals surface area contributed by atoms with Crippen molar-refractivity contribution in [3.8, 4) is 5.75 Å². The number of hydrogen-bond donors (Lipinski definition) is 2. The normalized spacial score (nSPS) is 10.6. The van der Waals surface area contributed by atoms with Gasteiger partial charge in [-0.2, -0.15) is 0 Å². The van der Waals surface area contributed by atoms with E-state index in [1.807, 2.05) is 13.8 Å². The lowest BCUT2D eigenvalue weighted by Crippen LogP contribution is -2.16. The molecule has 0 saturated carbocycles. The highest BCUT2D eigenvalue weighted by atomic mass is 19.1. The number of ether oxygens (including phenoxy) is 1. The summed E-state index contributed by atoms with van der Waals surface area (Å²) in [4.78, 5) is 20.4. The van der Waals surface area contributed by atoms with Crippen LogP contribution in [0, 0.1) is 11.6 Å². The smallest absolute Gasteiger partial charge is 0.274 e. The third kappa shape index (κ3) is 4.59. The zero-order valence-corrected chi connectivity index (χ0v) is 15.2. The summed E-state index contributed by atoms with van der Waals surface area (Å²) < 4.78 is 33.3. The van der Waals surface area contributed by atoms with E-state index in [0.29, 0.717) is 11.4 Å². The van der Waals surface area contributed by atoms with Crippen molar-refractivity contribution >= 4 is 23.1 Å². The van der Waals surface area contributed by atoms with Crippen molar-refractivity contribution in [2.45, 2.75) is 20.0 Å². The molecule has 2 aromatic carbocycles. The number of rotatable bonds is 6. The molecule has 6 nitrogen and oxygen atoms in total. The fourth-order valence-corrected chi connectivity index (χ4v) is 2.41. The molecule has 1 amide bonds. The minimum absolute atomic E-state index is 0.0218. The monoisotopic (exact) mass is 384 g/mol. The van der Waals surface area contributed by atoms with Crippen molar-refractivity contribution < 1.29 is 18.3 Å². The Kier molecular flexibility index (Phi) is 5.78. The fourth-order valence-electron chi connectivity index (χ4n) is 2.41. The van der Waals surface area contributed by atoms with Gasteiger partial charge in [0.15, 0.2) is 0 Å². The van der Waals surface area contributed by atoms with E-state index in [-0.39, 0.29) is 23.3 Å². The molecule has 0 fully saturated rings. The van der Waals surface area contributed by atoms with Crippen LogP contribution >= 0.6 is 0 Å². The van der Waals surface area contributed by atoms with Gasteiger partial charge in [0, 0.05) is 6.07 Å². The van der Waals surface area contributed by atoms with Gasteiger partial charge in [-0.1, -0.05) is 18.2 Å². The first-order valence-corrected chi connectivity index (χ1v) is 8.54. The highest BCUT2D eigenvalue weighted by molar-refractivity contribution is 6.04. The van der Waals surface area contributed by atoms with Gasteiger partial charge in [0.25, 0.3) is 5.91 Å². The predicted molar refractivity (Wildman–Crippen MR) is 102 cm³/mol. The average molecular weight is 384 g/mol. The summed E-state index contributed by atoms with van der Waals surface area (Å²) in [6, 6.07) is 11.8. The molecule has 28 heavy (non-hydrogen) atoms. The van der Waals surface area contributed by atoms with Crippen molar-refractivity contribution in [3.63, 3.8) is 0 Å². The molecule has 0 bridgehead atoms. The van der Waals surface area contributed by atoms with Crippen LogP contribution < -0.4 is 15.4 Å². The van der Waals surface area contributed by atoms with Crippen LogP contribution in [0.1, 0.15) is 24.3 Å². The van der Waals surface area contributed by atoms with Crippen molar-refractivity contribution in [3.05, 3.63) is 72.2 Å². The van der Waals surface area contributed by atoms with Crippen LogP contribution in [0.4, 0.5) is 26.0 Å². The lowest BCUT2D eigenvalue weighted by Gasteiger charge is -2.14. The predicted octanol–water partition coefficient (Wildman–Crippen LogP) is 4.54. The first-order valence-electron chi connectivity index (χ1n) is 8.54. The number of carbonyl (C=O) groups is 1. The number of benzene rings is 2. The van der Waals surface area contributed by atoms with E-state index in [1.54, 1.807) is 24.3 Å². The molecule has 0 aliphatic rings. The third-order valence-electron chi connectivity index (χ3n) is 3.61. The Hall–Kier alpha value is -3.55. The van der Waals surface area contributed by atoms with Crippen LogP contribution in [0.15, 0.2) is 54.9 Å². The van der Waals surface area contributed by atoms with E-state index in [9.17, 15) is 13.6 Å². The Morgan fingerprint density at radius 3 is 2.46 bits per heavy atom. The quantitative estimate of drug-likeness (QED) is 0.653. The van der Waals surface area contributed by atoms with Crippen molar-refractivity contribution in [2.75, 3.05) is 10.6 Å². The molecule has 0 atom stereocenters. The molecule has 0 aliphatic carbocycles. The molecule has 8 heteroatoms. The number of amides is 1. The second-order valence-electron chi connectivity index (χ2n) is 6.13.